The maximum absolute atomic E-state index is 13.2. The van der Waals surface area contributed by atoms with E-state index in [-0.39, 0.29) is 5.02 Å². The average Bonchev–Trinajstić information content (AvgIpc) is 2.94. The van der Waals surface area contributed by atoms with E-state index < -0.39 is 5.82 Å². The van der Waals surface area contributed by atoms with Gasteiger partial charge in [-0.2, -0.15) is 0 Å². The van der Waals surface area contributed by atoms with Gasteiger partial charge in [-0.05, 0) is 43.7 Å². The van der Waals surface area contributed by atoms with Gasteiger partial charge in [0.15, 0.2) is 5.13 Å². The number of anilines is 2. The summed E-state index contributed by atoms with van der Waals surface area (Å²) >= 11 is 7.29. The zero-order valence-corrected chi connectivity index (χ0v) is 13.7. The van der Waals surface area contributed by atoms with Crippen molar-refractivity contribution in [1.82, 2.24) is 4.98 Å². The topological polar surface area (TPSA) is 24.9 Å². The molecule has 0 bridgehead atoms. The second kappa shape index (κ2) is 6.07. The lowest BCUT2D eigenvalue weighted by molar-refractivity contribution is 0.628. The highest BCUT2D eigenvalue weighted by Gasteiger charge is 2.08. The lowest BCUT2D eigenvalue weighted by Gasteiger charge is -2.05. The molecule has 0 aliphatic rings. The summed E-state index contributed by atoms with van der Waals surface area (Å²) in [6.07, 6.45) is 0. The number of rotatable bonds is 3. The first-order chi connectivity index (χ1) is 10.5. The van der Waals surface area contributed by atoms with Crippen LogP contribution in [0.4, 0.5) is 15.2 Å². The first-order valence-corrected chi connectivity index (χ1v) is 8.04. The smallest absolute Gasteiger partial charge is 0.187 e. The third-order valence-electron chi connectivity index (χ3n) is 3.34. The molecule has 0 radical (unpaired) electrons. The van der Waals surface area contributed by atoms with Gasteiger partial charge < -0.3 is 5.32 Å². The summed E-state index contributed by atoms with van der Waals surface area (Å²) in [5.74, 6) is -0.428. The molecule has 0 saturated carbocycles. The molecule has 0 aliphatic carbocycles. The van der Waals surface area contributed by atoms with E-state index in [0.29, 0.717) is 5.69 Å². The molecule has 3 aromatic rings. The molecule has 0 spiro atoms. The minimum absolute atomic E-state index is 0.0938. The number of hydrogen-bond donors (Lipinski definition) is 1. The van der Waals surface area contributed by atoms with Gasteiger partial charge in [0.25, 0.3) is 0 Å². The van der Waals surface area contributed by atoms with Crippen molar-refractivity contribution in [2.45, 2.75) is 13.8 Å². The van der Waals surface area contributed by atoms with Crippen LogP contribution in [0.25, 0.3) is 11.3 Å². The average molecular weight is 333 g/mol. The van der Waals surface area contributed by atoms with E-state index in [0.717, 1.165) is 16.4 Å². The second-order valence-corrected chi connectivity index (χ2v) is 6.38. The molecule has 5 heteroatoms. The Bertz CT molecular complexity index is 829. The third kappa shape index (κ3) is 3.13. The zero-order valence-electron chi connectivity index (χ0n) is 12.2. The van der Waals surface area contributed by atoms with Gasteiger partial charge in [0, 0.05) is 16.6 Å². The first-order valence-electron chi connectivity index (χ1n) is 6.78. The maximum atomic E-state index is 13.2. The van der Waals surface area contributed by atoms with Crippen LogP contribution in [0, 0.1) is 19.7 Å². The van der Waals surface area contributed by atoms with Crippen molar-refractivity contribution in [3.63, 3.8) is 0 Å². The largest absolute Gasteiger partial charge is 0.331 e. The summed E-state index contributed by atoms with van der Waals surface area (Å²) in [7, 11) is 0. The van der Waals surface area contributed by atoms with Gasteiger partial charge in [0.05, 0.1) is 10.7 Å². The van der Waals surface area contributed by atoms with Gasteiger partial charge in [0.1, 0.15) is 5.82 Å². The molecule has 1 N–H and O–H groups in total. The number of halogens is 2. The molecule has 3 rings (SSSR count). The molecule has 0 fully saturated rings. The second-order valence-electron chi connectivity index (χ2n) is 5.11. The molecular weight excluding hydrogens is 319 g/mol. The Hall–Kier alpha value is -1.91. The molecule has 22 heavy (non-hydrogen) atoms. The SMILES string of the molecule is Cc1ccc(C)c(-c2csc(Nc3ccc(F)c(Cl)c3)n2)c1. The van der Waals surface area contributed by atoms with E-state index in [1.54, 1.807) is 12.1 Å². The number of hydrogen-bond acceptors (Lipinski definition) is 3. The van der Waals surface area contributed by atoms with Crippen molar-refractivity contribution in [2.24, 2.45) is 0 Å². The fraction of sp³-hybridized carbons (Fsp3) is 0.118. The van der Waals surface area contributed by atoms with Crippen molar-refractivity contribution in [2.75, 3.05) is 5.32 Å². The van der Waals surface area contributed by atoms with E-state index >= 15 is 0 Å². The number of aromatic nitrogens is 1. The Morgan fingerprint density at radius 3 is 2.73 bits per heavy atom. The Morgan fingerprint density at radius 2 is 1.95 bits per heavy atom. The molecular formula is C17H14ClFN2S. The number of nitrogens with one attached hydrogen (secondary N) is 1. The van der Waals surface area contributed by atoms with Gasteiger partial charge in [-0.1, -0.05) is 29.3 Å². The van der Waals surface area contributed by atoms with E-state index in [2.05, 4.69) is 42.3 Å². The number of nitrogens with zero attached hydrogens (tertiary/aromatic N) is 1. The fourth-order valence-corrected chi connectivity index (χ4v) is 3.08. The molecule has 0 aliphatic heterocycles. The zero-order chi connectivity index (χ0) is 15.7. The van der Waals surface area contributed by atoms with Crippen molar-refractivity contribution in [3.8, 4) is 11.3 Å². The Morgan fingerprint density at radius 1 is 1.14 bits per heavy atom. The molecule has 2 nitrogen and oxygen atoms in total. The number of aryl methyl sites for hydroxylation is 2. The molecule has 0 saturated heterocycles. The number of benzene rings is 2. The van der Waals surface area contributed by atoms with Crippen molar-refractivity contribution < 1.29 is 4.39 Å². The Labute approximate surface area is 137 Å². The molecule has 0 unspecified atom stereocenters. The van der Waals surface area contributed by atoms with Crippen LogP contribution in [-0.2, 0) is 0 Å². The molecule has 112 valence electrons. The van der Waals surface area contributed by atoms with Gasteiger partial charge >= 0.3 is 0 Å². The molecule has 2 aromatic carbocycles. The van der Waals surface area contributed by atoms with Crippen LogP contribution in [0.15, 0.2) is 41.8 Å². The van der Waals surface area contributed by atoms with Gasteiger partial charge in [-0.3, -0.25) is 0 Å². The quantitative estimate of drug-likeness (QED) is 0.639. The molecule has 0 atom stereocenters. The standard InChI is InChI=1S/C17H14ClFN2S/c1-10-3-4-11(2)13(7-10)16-9-22-17(21-16)20-12-5-6-15(19)14(18)8-12/h3-9H,1-2H3,(H,20,21). The van der Waals surface area contributed by atoms with Crippen molar-refractivity contribution in [3.05, 3.63) is 63.7 Å². The first kappa shape index (κ1) is 15.0. The van der Waals surface area contributed by atoms with Gasteiger partial charge in [-0.15, -0.1) is 11.3 Å². The summed E-state index contributed by atoms with van der Waals surface area (Å²) in [5.41, 5.74) is 5.16. The normalized spacial score (nSPS) is 10.7. The van der Waals surface area contributed by atoms with Crippen LogP contribution in [0.5, 0.6) is 0 Å². The fourth-order valence-electron chi connectivity index (χ4n) is 2.16. The predicted octanol–water partition coefficient (Wildman–Crippen LogP) is 5.96. The van der Waals surface area contributed by atoms with E-state index in [9.17, 15) is 4.39 Å². The monoisotopic (exact) mass is 332 g/mol. The van der Waals surface area contributed by atoms with E-state index in [4.69, 9.17) is 11.6 Å². The van der Waals surface area contributed by atoms with Gasteiger partial charge in [-0.25, -0.2) is 9.37 Å². The van der Waals surface area contributed by atoms with Crippen LogP contribution < -0.4 is 5.32 Å². The highest BCUT2D eigenvalue weighted by Crippen LogP contribution is 2.30. The Kier molecular flexibility index (Phi) is 4.14. The molecule has 1 aromatic heterocycles. The van der Waals surface area contributed by atoms with Crippen LogP contribution >= 0.6 is 22.9 Å². The van der Waals surface area contributed by atoms with Crippen molar-refractivity contribution in [1.29, 1.82) is 0 Å². The van der Waals surface area contributed by atoms with E-state index in [1.165, 1.54) is 28.5 Å². The van der Waals surface area contributed by atoms with Crippen LogP contribution in [0.1, 0.15) is 11.1 Å². The summed E-state index contributed by atoms with van der Waals surface area (Å²) in [6.45, 7) is 4.13. The lowest BCUT2D eigenvalue weighted by atomic mass is 10.0. The van der Waals surface area contributed by atoms with E-state index in [1.807, 2.05) is 5.38 Å². The third-order valence-corrected chi connectivity index (χ3v) is 4.39. The van der Waals surface area contributed by atoms with Crippen LogP contribution in [-0.4, -0.2) is 4.98 Å². The number of thiazole rings is 1. The van der Waals surface area contributed by atoms with Crippen LogP contribution in [0.3, 0.4) is 0 Å². The predicted molar refractivity (Wildman–Crippen MR) is 91.7 cm³/mol. The summed E-state index contributed by atoms with van der Waals surface area (Å²) < 4.78 is 13.2. The molecule has 0 amide bonds. The summed E-state index contributed by atoms with van der Waals surface area (Å²) in [4.78, 5) is 4.60. The van der Waals surface area contributed by atoms with Gasteiger partial charge in [0.2, 0.25) is 0 Å². The lowest BCUT2D eigenvalue weighted by Crippen LogP contribution is -1.91. The summed E-state index contributed by atoms with van der Waals surface area (Å²) in [6, 6.07) is 10.8. The molecule has 1 heterocycles. The Balaban J connectivity index is 1.87. The minimum atomic E-state index is -0.428. The minimum Gasteiger partial charge on any atom is -0.331 e. The highest BCUT2D eigenvalue weighted by atomic mass is 35.5. The highest BCUT2D eigenvalue weighted by molar-refractivity contribution is 7.14. The maximum Gasteiger partial charge on any atom is 0.187 e. The summed E-state index contributed by atoms with van der Waals surface area (Å²) in [5, 5.41) is 6.00. The van der Waals surface area contributed by atoms with Crippen LogP contribution in [0.2, 0.25) is 5.02 Å². The van der Waals surface area contributed by atoms with Crippen molar-refractivity contribution >= 4 is 33.8 Å².